The number of carbonyl (C=O) groups is 1. The summed E-state index contributed by atoms with van der Waals surface area (Å²) in [5, 5.41) is 15.3. The highest BCUT2D eigenvalue weighted by Crippen LogP contribution is 2.28. The standard InChI is InChI=1S/C22H20N4O3/c1-13-12-18(16-10-7-11-17(22(28)29)20(16)23-13)24-19-14(2)25(3)26(21(19)27)15-8-5-4-6-9-15/h4-12H,1-3H3,(H,23,24)(H,28,29)/p-1. The fourth-order valence-electron chi connectivity index (χ4n) is 3.49. The largest absolute Gasteiger partial charge is 0.545 e. The van der Waals surface area contributed by atoms with Crippen molar-refractivity contribution in [2.45, 2.75) is 13.8 Å². The summed E-state index contributed by atoms with van der Waals surface area (Å²) in [6, 6.07) is 16.0. The van der Waals surface area contributed by atoms with Gasteiger partial charge in [-0.25, -0.2) is 4.68 Å². The van der Waals surface area contributed by atoms with Gasteiger partial charge in [0.2, 0.25) is 0 Å². The molecule has 0 bridgehead atoms. The van der Waals surface area contributed by atoms with Crippen LogP contribution in [0, 0.1) is 13.8 Å². The van der Waals surface area contributed by atoms with Crippen molar-refractivity contribution in [1.82, 2.24) is 14.3 Å². The number of aromatic nitrogens is 3. The van der Waals surface area contributed by atoms with E-state index in [1.807, 2.05) is 44.3 Å². The summed E-state index contributed by atoms with van der Waals surface area (Å²) in [5.41, 5.74) is 3.31. The van der Waals surface area contributed by atoms with Gasteiger partial charge in [-0.15, -0.1) is 0 Å². The van der Waals surface area contributed by atoms with E-state index in [9.17, 15) is 14.7 Å². The maximum atomic E-state index is 13.2. The summed E-state index contributed by atoms with van der Waals surface area (Å²) < 4.78 is 3.36. The summed E-state index contributed by atoms with van der Waals surface area (Å²) in [4.78, 5) is 29.0. The molecule has 1 N–H and O–H groups in total. The van der Waals surface area contributed by atoms with E-state index in [2.05, 4.69) is 10.3 Å². The number of aromatic carboxylic acids is 1. The van der Waals surface area contributed by atoms with Crippen molar-refractivity contribution < 1.29 is 9.90 Å². The first kappa shape index (κ1) is 18.5. The number of para-hydroxylation sites is 2. The van der Waals surface area contributed by atoms with Crippen LogP contribution in [0.2, 0.25) is 0 Å². The minimum atomic E-state index is -1.29. The lowest BCUT2D eigenvalue weighted by Crippen LogP contribution is -2.23. The molecule has 0 spiro atoms. The molecule has 0 fully saturated rings. The summed E-state index contributed by atoms with van der Waals surface area (Å²) in [6.07, 6.45) is 0. The molecule has 0 saturated carbocycles. The smallest absolute Gasteiger partial charge is 0.295 e. The van der Waals surface area contributed by atoms with Crippen LogP contribution >= 0.6 is 0 Å². The topological polar surface area (TPSA) is 92.0 Å². The van der Waals surface area contributed by atoms with Crippen LogP contribution in [0.25, 0.3) is 16.6 Å². The summed E-state index contributed by atoms with van der Waals surface area (Å²) in [7, 11) is 1.82. The number of anilines is 2. The zero-order valence-corrected chi connectivity index (χ0v) is 16.3. The molecule has 7 heteroatoms. The van der Waals surface area contributed by atoms with Gasteiger partial charge >= 0.3 is 0 Å². The maximum Gasteiger partial charge on any atom is 0.295 e. The third kappa shape index (κ3) is 3.06. The van der Waals surface area contributed by atoms with Crippen molar-refractivity contribution >= 4 is 28.2 Å². The number of rotatable bonds is 4. The van der Waals surface area contributed by atoms with Crippen molar-refractivity contribution in [3.05, 3.63) is 81.9 Å². The van der Waals surface area contributed by atoms with Crippen molar-refractivity contribution in [3.63, 3.8) is 0 Å². The molecule has 0 aliphatic rings. The molecule has 0 aliphatic heterocycles. The quantitative estimate of drug-likeness (QED) is 0.581. The Balaban J connectivity index is 1.90. The molecule has 0 saturated heterocycles. The van der Waals surface area contributed by atoms with E-state index >= 15 is 0 Å². The molecular formula is C22H19N4O3-. The van der Waals surface area contributed by atoms with Crippen LogP contribution in [0.4, 0.5) is 11.4 Å². The lowest BCUT2D eigenvalue weighted by atomic mass is 10.1. The molecule has 2 aromatic carbocycles. The van der Waals surface area contributed by atoms with Gasteiger partial charge in [0, 0.05) is 29.4 Å². The van der Waals surface area contributed by atoms with Gasteiger partial charge in [0.05, 0.1) is 22.9 Å². The van der Waals surface area contributed by atoms with Crippen LogP contribution in [-0.2, 0) is 7.05 Å². The number of nitrogens with one attached hydrogen (secondary N) is 1. The van der Waals surface area contributed by atoms with Crippen molar-refractivity contribution in [2.24, 2.45) is 7.05 Å². The van der Waals surface area contributed by atoms with Gasteiger partial charge in [-0.05, 0) is 32.0 Å². The minimum Gasteiger partial charge on any atom is -0.545 e. The minimum absolute atomic E-state index is 0.0146. The van der Waals surface area contributed by atoms with E-state index in [0.29, 0.717) is 28.0 Å². The highest BCUT2D eigenvalue weighted by molar-refractivity contribution is 6.05. The van der Waals surface area contributed by atoms with Crippen LogP contribution in [0.3, 0.4) is 0 Å². The molecule has 0 atom stereocenters. The number of carboxylic acids is 1. The third-order valence-electron chi connectivity index (χ3n) is 5.00. The molecule has 4 rings (SSSR count). The molecule has 146 valence electrons. The fraction of sp³-hybridized carbons (Fsp3) is 0.136. The van der Waals surface area contributed by atoms with Crippen LogP contribution in [0.5, 0.6) is 0 Å². The Morgan fingerprint density at radius 3 is 2.48 bits per heavy atom. The number of hydrogen-bond acceptors (Lipinski definition) is 5. The number of pyridine rings is 1. The number of hydrogen-bond donors (Lipinski definition) is 1. The Labute approximate surface area is 166 Å². The molecule has 0 aliphatic carbocycles. The molecule has 0 amide bonds. The summed E-state index contributed by atoms with van der Waals surface area (Å²) >= 11 is 0. The molecular weight excluding hydrogens is 368 g/mol. The average molecular weight is 387 g/mol. The lowest BCUT2D eigenvalue weighted by molar-refractivity contribution is -0.254. The molecule has 0 unspecified atom stereocenters. The van der Waals surface area contributed by atoms with Crippen LogP contribution in [0.1, 0.15) is 21.7 Å². The van der Waals surface area contributed by atoms with E-state index in [-0.39, 0.29) is 11.1 Å². The third-order valence-corrected chi connectivity index (χ3v) is 5.00. The Morgan fingerprint density at radius 2 is 1.79 bits per heavy atom. The number of nitrogens with zero attached hydrogens (tertiary/aromatic N) is 3. The zero-order chi connectivity index (χ0) is 20.7. The lowest BCUT2D eigenvalue weighted by Gasteiger charge is -2.13. The Bertz CT molecular complexity index is 1300. The predicted molar refractivity (Wildman–Crippen MR) is 110 cm³/mol. The van der Waals surface area contributed by atoms with Gasteiger partial charge in [-0.3, -0.25) is 14.5 Å². The SMILES string of the molecule is Cc1cc(Nc2c(C)n(C)n(-c3ccccc3)c2=O)c2cccc(C(=O)[O-])c2n1. The van der Waals surface area contributed by atoms with E-state index in [4.69, 9.17) is 0 Å². The Hall–Kier alpha value is -3.87. The second-order valence-corrected chi connectivity index (χ2v) is 6.86. The molecule has 29 heavy (non-hydrogen) atoms. The maximum absolute atomic E-state index is 13.2. The fourth-order valence-corrected chi connectivity index (χ4v) is 3.49. The first-order chi connectivity index (χ1) is 13.9. The average Bonchev–Trinajstić information content (AvgIpc) is 2.91. The van der Waals surface area contributed by atoms with Crippen LogP contribution in [0.15, 0.2) is 59.4 Å². The highest BCUT2D eigenvalue weighted by Gasteiger charge is 2.18. The van der Waals surface area contributed by atoms with E-state index in [1.54, 1.807) is 34.5 Å². The van der Waals surface area contributed by atoms with Crippen LogP contribution in [-0.4, -0.2) is 20.3 Å². The molecule has 2 aromatic heterocycles. The van der Waals surface area contributed by atoms with Crippen LogP contribution < -0.4 is 16.0 Å². The predicted octanol–water partition coefficient (Wildman–Crippen LogP) is 2.45. The number of fused-ring (bicyclic) bond motifs is 1. The van der Waals surface area contributed by atoms with Gasteiger partial charge in [0.25, 0.3) is 5.56 Å². The number of carboxylic acid groups (broad SMARTS) is 1. The molecule has 0 radical (unpaired) electrons. The van der Waals surface area contributed by atoms with Gasteiger partial charge in [-0.2, -0.15) is 0 Å². The van der Waals surface area contributed by atoms with E-state index < -0.39 is 5.97 Å². The van der Waals surface area contributed by atoms with Gasteiger partial charge in [0.1, 0.15) is 5.69 Å². The van der Waals surface area contributed by atoms with E-state index in [0.717, 1.165) is 11.4 Å². The number of carbonyl (C=O) groups excluding carboxylic acids is 1. The molecule has 2 heterocycles. The monoisotopic (exact) mass is 387 g/mol. The van der Waals surface area contributed by atoms with Crippen molar-refractivity contribution in [1.29, 1.82) is 0 Å². The zero-order valence-electron chi connectivity index (χ0n) is 16.3. The Kier molecular flexibility index (Phi) is 4.43. The van der Waals surface area contributed by atoms with Gasteiger partial charge in [-0.1, -0.05) is 36.4 Å². The summed E-state index contributed by atoms with van der Waals surface area (Å²) in [5.74, 6) is -1.29. The Morgan fingerprint density at radius 1 is 1.07 bits per heavy atom. The second kappa shape index (κ2) is 6.94. The van der Waals surface area contributed by atoms with Gasteiger partial charge in [0.15, 0.2) is 0 Å². The first-order valence-corrected chi connectivity index (χ1v) is 9.11. The first-order valence-electron chi connectivity index (χ1n) is 9.11. The van der Waals surface area contributed by atoms with Crippen molar-refractivity contribution in [3.8, 4) is 5.69 Å². The number of aryl methyl sites for hydroxylation is 1. The summed E-state index contributed by atoms with van der Waals surface area (Å²) in [6.45, 7) is 3.63. The van der Waals surface area contributed by atoms with Crippen molar-refractivity contribution in [2.75, 3.05) is 5.32 Å². The highest BCUT2D eigenvalue weighted by atomic mass is 16.4. The normalized spacial score (nSPS) is 11.0. The second-order valence-electron chi connectivity index (χ2n) is 6.86. The molecule has 7 nitrogen and oxygen atoms in total. The van der Waals surface area contributed by atoms with E-state index in [1.165, 1.54) is 6.07 Å². The molecule has 4 aromatic rings. The van der Waals surface area contributed by atoms with Gasteiger partial charge < -0.3 is 15.2 Å². The number of benzene rings is 2.